The smallest absolute Gasteiger partial charge is 0.270 e. The zero-order chi connectivity index (χ0) is 15.1. The maximum absolute atomic E-state index is 12.1. The minimum absolute atomic E-state index is 0.175. The van der Waals surface area contributed by atoms with Crippen molar-refractivity contribution in [3.8, 4) is 0 Å². The third-order valence-electron chi connectivity index (χ3n) is 3.15. The second-order valence-corrected chi connectivity index (χ2v) is 4.84. The molecule has 0 aliphatic heterocycles. The zero-order valence-electron chi connectivity index (χ0n) is 12.4. The summed E-state index contributed by atoms with van der Waals surface area (Å²) in [5, 5.41) is 6.13. The van der Waals surface area contributed by atoms with Crippen LogP contribution in [0.1, 0.15) is 35.0 Å². The van der Waals surface area contributed by atoms with Gasteiger partial charge in [-0.1, -0.05) is 6.92 Å². The van der Waals surface area contributed by atoms with Crippen molar-refractivity contribution >= 4 is 11.6 Å². The van der Waals surface area contributed by atoms with Gasteiger partial charge in [0.05, 0.1) is 0 Å². The van der Waals surface area contributed by atoms with E-state index in [1.54, 1.807) is 24.7 Å². The number of rotatable bonds is 6. The molecule has 1 amide bonds. The summed E-state index contributed by atoms with van der Waals surface area (Å²) in [5.41, 5.74) is 3.45. The van der Waals surface area contributed by atoms with Crippen LogP contribution in [0.15, 0.2) is 36.8 Å². The van der Waals surface area contributed by atoms with Crippen LogP contribution in [0.2, 0.25) is 0 Å². The van der Waals surface area contributed by atoms with Crippen LogP contribution in [0.5, 0.6) is 0 Å². The van der Waals surface area contributed by atoms with Crippen LogP contribution in [-0.4, -0.2) is 22.4 Å². The number of carbonyl (C=O) groups is 1. The molecule has 0 saturated carbocycles. The van der Waals surface area contributed by atoms with Crippen LogP contribution in [0.4, 0.5) is 5.69 Å². The lowest BCUT2D eigenvalue weighted by Crippen LogP contribution is -2.24. The molecule has 2 rings (SSSR count). The molecule has 0 spiro atoms. The number of pyridine rings is 2. The predicted molar refractivity (Wildman–Crippen MR) is 83.2 cm³/mol. The molecule has 2 N–H and O–H groups in total. The number of hydrogen-bond acceptors (Lipinski definition) is 4. The maximum atomic E-state index is 12.1. The molecule has 0 bridgehead atoms. The van der Waals surface area contributed by atoms with Crippen molar-refractivity contribution in [2.24, 2.45) is 0 Å². The molecule has 21 heavy (non-hydrogen) atoms. The Labute approximate surface area is 124 Å². The minimum Gasteiger partial charge on any atom is -0.385 e. The highest BCUT2D eigenvalue weighted by Gasteiger charge is 2.08. The summed E-state index contributed by atoms with van der Waals surface area (Å²) in [4.78, 5) is 20.3. The van der Waals surface area contributed by atoms with Crippen LogP contribution in [0, 0.1) is 6.92 Å². The molecule has 0 saturated heterocycles. The Kier molecular flexibility index (Phi) is 5.26. The van der Waals surface area contributed by atoms with Crippen molar-refractivity contribution in [1.82, 2.24) is 15.3 Å². The number of nitrogens with one attached hydrogen (secondary N) is 2. The van der Waals surface area contributed by atoms with E-state index in [1.165, 1.54) is 0 Å². The molecule has 0 fully saturated rings. The van der Waals surface area contributed by atoms with Gasteiger partial charge in [-0.05, 0) is 42.7 Å². The lowest BCUT2D eigenvalue weighted by Gasteiger charge is -2.09. The van der Waals surface area contributed by atoms with E-state index in [9.17, 15) is 4.79 Å². The molecule has 0 unspecified atom stereocenters. The van der Waals surface area contributed by atoms with Crippen molar-refractivity contribution < 1.29 is 4.79 Å². The predicted octanol–water partition coefficient (Wildman–Crippen LogP) is 2.54. The highest BCUT2D eigenvalue weighted by atomic mass is 16.1. The minimum atomic E-state index is -0.175. The van der Waals surface area contributed by atoms with Crippen LogP contribution in [-0.2, 0) is 6.54 Å². The number of hydrogen-bond donors (Lipinski definition) is 2. The Morgan fingerprint density at radius 3 is 2.90 bits per heavy atom. The highest BCUT2D eigenvalue weighted by molar-refractivity contribution is 5.93. The summed E-state index contributed by atoms with van der Waals surface area (Å²) in [7, 11) is 0. The fourth-order valence-corrected chi connectivity index (χ4v) is 1.90. The van der Waals surface area contributed by atoms with Gasteiger partial charge in [-0.3, -0.25) is 14.8 Å². The van der Waals surface area contributed by atoms with Crippen molar-refractivity contribution in [3.05, 3.63) is 53.6 Å². The molecule has 2 heterocycles. The van der Waals surface area contributed by atoms with Crippen molar-refractivity contribution in [2.45, 2.75) is 26.8 Å². The molecule has 110 valence electrons. The van der Waals surface area contributed by atoms with E-state index in [-0.39, 0.29) is 5.91 Å². The molecule has 2 aromatic heterocycles. The standard InChI is InChI=1S/C16H20N4O/c1-3-6-18-14-5-8-19-15(9-14)16(21)20-11-13-4-7-17-10-12(13)2/h4-5,7-10H,3,6,11H2,1-2H3,(H,18,19)(H,20,21). The van der Waals surface area contributed by atoms with Gasteiger partial charge >= 0.3 is 0 Å². The average Bonchev–Trinajstić information content (AvgIpc) is 2.52. The van der Waals surface area contributed by atoms with E-state index < -0.39 is 0 Å². The lowest BCUT2D eigenvalue weighted by atomic mass is 10.1. The molecule has 0 aromatic carbocycles. The SMILES string of the molecule is CCCNc1ccnc(C(=O)NCc2ccncc2C)c1. The summed E-state index contributed by atoms with van der Waals surface area (Å²) in [5.74, 6) is -0.175. The van der Waals surface area contributed by atoms with Crippen molar-refractivity contribution in [2.75, 3.05) is 11.9 Å². The zero-order valence-corrected chi connectivity index (χ0v) is 12.4. The van der Waals surface area contributed by atoms with Gasteiger partial charge in [0.15, 0.2) is 0 Å². The summed E-state index contributed by atoms with van der Waals surface area (Å²) < 4.78 is 0. The number of carbonyl (C=O) groups excluding carboxylic acids is 1. The van der Waals surface area contributed by atoms with Gasteiger partial charge in [-0.2, -0.15) is 0 Å². The molecule has 0 aliphatic carbocycles. The van der Waals surface area contributed by atoms with Crippen molar-refractivity contribution in [1.29, 1.82) is 0 Å². The molecular formula is C16H20N4O. The molecule has 0 aliphatic rings. The Morgan fingerprint density at radius 2 is 2.14 bits per heavy atom. The second kappa shape index (κ2) is 7.38. The number of aromatic nitrogens is 2. The molecule has 5 nitrogen and oxygen atoms in total. The largest absolute Gasteiger partial charge is 0.385 e. The van der Waals surface area contributed by atoms with E-state index in [1.807, 2.05) is 19.1 Å². The van der Waals surface area contributed by atoms with Crippen LogP contribution < -0.4 is 10.6 Å². The van der Waals surface area contributed by atoms with Gasteiger partial charge in [-0.25, -0.2) is 0 Å². The average molecular weight is 284 g/mol. The number of amides is 1. The number of nitrogens with zero attached hydrogens (tertiary/aromatic N) is 2. The Morgan fingerprint density at radius 1 is 1.29 bits per heavy atom. The summed E-state index contributed by atoms with van der Waals surface area (Å²) in [6.45, 7) is 5.42. The number of anilines is 1. The fraction of sp³-hybridized carbons (Fsp3) is 0.312. The first kappa shape index (κ1) is 15.0. The van der Waals surface area contributed by atoms with Crippen molar-refractivity contribution in [3.63, 3.8) is 0 Å². The Bertz CT molecular complexity index is 613. The van der Waals surface area contributed by atoms with Crippen LogP contribution in [0.3, 0.4) is 0 Å². The van der Waals surface area contributed by atoms with Crippen LogP contribution >= 0.6 is 0 Å². The molecule has 0 atom stereocenters. The van der Waals surface area contributed by atoms with E-state index >= 15 is 0 Å². The monoisotopic (exact) mass is 284 g/mol. The van der Waals surface area contributed by atoms with Crippen LogP contribution in [0.25, 0.3) is 0 Å². The third kappa shape index (κ3) is 4.27. The van der Waals surface area contributed by atoms with E-state index in [4.69, 9.17) is 0 Å². The molecule has 0 radical (unpaired) electrons. The van der Waals surface area contributed by atoms with Gasteiger partial charge in [0.25, 0.3) is 5.91 Å². The number of aryl methyl sites for hydroxylation is 1. The van der Waals surface area contributed by atoms with Gasteiger partial charge in [0, 0.05) is 37.4 Å². The summed E-state index contributed by atoms with van der Waals surface area (Å²) in [6, 6.07) is 5.53. The first-order valence-electron chi connectivity index (χ1n) is 7.08. The van der Waals surface area contributed by atoms with Gasteiger partial charge in [-0.15, -0.1) is 0 Å². The quantitative estimate of drug-likeness (QED) is 0.855. The first-order chi connectivity index (χ1) is 10.2. The van der Waals surface area contributed by atoms with Gasteiger partial charge in [0.1, 0.15) is 5.69 Å². The Balaban J connectivity index is 1.98. The topological polar surface area (TPSA) is 66.9 Å². The first-order valence-corrected chi connectivity index (χ1v) is 7.08. The highest BCUT2D eigenvalue weighted by Crippen LogP contribution is 2.09. The van der Waals surface area contributed by atoms with Gasteiger partial charge < -0.3 is 10.6 Å². The summed E-state index contributed by atoms with van der Waals surface area (Å²) in [6.07, 6.45) is 6.19. The normalized spacial score (nSPS) is 10.2. The molecule has 5 heteroatoms. The molecular weight excluding hydrogens is 264 g/mol. The van der Waals surface area contributed by atoms with E-state index in [0.717, 1.165) is 29.8 Å². The van der Waals surface area contributed by atoms with E-state index in [2.05, 4.69) is 27.5 Å². The fourth-order valence-electron chi connectivity index (χ4n) is 1.90. The lowest BCUT2D eigenvalue weighted by molar-refractivity contribution is 0.0946. The summed E-state index contributed by atoms with van der Waals surface area (Å²) >= 11 is 0. The van der Waals surface area contributed by atoms with Gasteiger partial charge in [0.2, 0.25) is 0 Å². The molecule has 2 aromatic rings. The second-order valence-electron chi connectivity index (χ2n) is 4.84. The van der Waals surface area contributed by atoms with E-state index in [0.29, 0.717) is 12.2 Å². The maximum Gasteiger partial charge on any atom is 0.270 e. The third-order valence-corrected chi connectivity index (χ3v) is 3.15. The Hall–Kier alpha value is -2.43.